The van der Waals surface area contributed by atoms with E-state index in [1.807, 2.05) is 0 Å². The average Bonchev–Trinajstić information content (AvgIpc) is 2.13. The second-order valence-electron chi connectivity index (χ2n) is 2.99. The van der Waals surface area contributed by atoms with E-state index < -0.39 is 9.71 Å². The van der Waals surface area contributed by atoms with Crippen molar-refractivity contribution in [1.29, 1.82) is 0 Å². The molecule has 0 amide bonds. The zero-order chi connectivity index (χ0) is 11.4. The van der Waals surface area contributed by atoms with Crippen LogP contribution >= 0.6 is 46.4 Å². The molecule has 0 nitrogen and oxygen atoms in total. The molecule has 2 unspecified atom stereocenters. The van der Waals surface area contributed by atoms with Gasteiger partial charge in [0.25, 0.3) is 0 Å². The maximum Gasteiger partial charge on any atom is 0.132 e. The molecular formula is C10H12Cl4. The van der Waals surface area contributed by atoms with Crippen molar-refractivity contribution >= 4 is 46.4 Å². The van der Waals surface area contributed by atoms with Crippen LogP contribution in [0.15, 0.2) is 37.0 Å². The van der Waals surface area contributed by atoms with Gasteiger partial charge in [0, 0.05) is 0 Å². The van der Waals surface area contributed by atoms with Crippen molar-refractivity contribution in [3.63, 3.8) is 0 Å². The maximum absolute atomic E-state index is 6.04. The van der Waals surface area contributed by atoms with Crippen molar-refractivity contribution < 1.29 is 0 Å². The summed E-state index contributed by atoms with van der Waals surface area (Å²) < 4.78 is 0. The highest BCUT2D eigenvalue weighted by atomic mass is 35.5. The maximum atomic E-state index is 6.04. The van der Waals surface area contributed by atoms with Gasteiger partial charge in [0.2, 0.25) is 0 Å². The van der Waals surface area contributed by atoms with Gasteiger partial charge < -0.3 is 0 Å². The first-order valence-corrected chi connectivity index (χ1v) is 5.61. The van der Waals surface area contributed by atoms with Crippen LogP contribution in [-0.2, 0) is 0 Å². The molecule has 0 spiro atoms. The molecule has 0 fully saturated rings. The molecule has 0 saturated carbocycles. The van der Waals surface area contributed by atoms with E-state index in [2.05, 4.69) is 13.2 Å². The fourth-order valence-corrected chi connectivity index (χ4v) is 0.962. The van der Waals surface area contributed by atoms with Crippen LogP contribution in [0.2, 0.25) is 0 Å². The van der Waals surface area contributed by atoms with Crippen molar-refractivity contribution in [3.8, 4) is 0 Å². The van der Waals surface area contributed by atoms with Gasteiger partial charge in [-0.2, -0.15) is 0 Å². The van der Waals surface area contributed by atoms with Crippen LogP contribution in [0.25, 0.3) is 0 Å². The first-order chi connectivity index (χ1) is 6.31. The van der Waals surface area contributed by atoms with E-state index >= 15 is 0 Å². The third-order valence-corrected chi connectivity index (χ3v) is 3.36. The summed E-state index contributed by atoms with van der Waals surface area (Å²) in [5.41, 5.74) is 0.579. The van der Waals surface area contributed by atoms with E-state index in [4.69, 9.17) is 46.4 Å². The fourth-order valence-electron chi connectivity index (χ4n) is 0.582. The first-order valence-electron chi connectivity index (χ1n) is 3.93. The normalized spacial score (nSPS) is 18.1. The van der Waals surface area contributed by atoms with Crippen LogP contribution in [0.3, 0.4) is 0 Å². The lowest BCUT2D eigenvalue weighted by Gasteiger charge is -2.20. The quantitative estimate of drug-likeness (QED) is 0.387. The Bertz CT molecular complexity index is 241. The van der Waals surface area contributed by atoms with Crippen LogP contribution < -0.4 is 0 Å². The zero-order valence-electron chi connectivity index (χ0n) is 7.81. The Morgan fingerprint density at radius 2 is 1.86 bits per heavy atom. The minimum absolute atomic E-state index is 0.384. The third kappa shape index (κ3) is 4.75. The van der Waals surface area contributed by atoms with Crippen molar-refractivity contribution in [3.05, 3.63) is 37.0 Å². The van der Waals surface area contributed by atoms with Crippen molar-refractivity contribution in [2.75, 3.05) is 0 Å². The molecule has 0 aromatic rings. The van der Waals surface area contributed by atoms with Gasteiger partial charge in [-0.05, 0) is 12.5 Å². The lowest BCUT2D eigenvalue weighted by Crippen LogP contribution is -2.24. The van der Waals surface area contributed by atoms with Crippen molar-refractivity contribution in [2.45, 2.75) is 22.0 Å². The molecule has 0 N–H and O–H groups in total. The minimum Gasteiger partial charge on any atom is -0.116 e. The standard InChI is InChI=1S/C10H12Cl4/c1-4-10(3,14)8(11)6-5-7(2)9(12)13/h4-6,8-9H,1-2H2,3H3. The molecule has 0 aliphatic carbocycles. The van der Waals surface area contributed by atoms with E-state index in [-0.39, 0.29) is 5.38 Å². The Balaban J connectivity index is 4.39. The SMILES string of the molecule is C=CC(C)(Cl)C(Cl)C=CC(=C)C(Cl)Cl. The van der Waals surface area contributed by atoms with Gasteiger partial charge in [0.1, 0.15) is 4.84 Å². The molecule has 0 radical (unpaired) electrons. The van der Waals surface area contributed by atoms with Crippen LogP contribution in [0.1, 0.15) is 6.92 Å². The second-order valence-corrected chi connectivity index (χ2v) is 5.37. The molecule has 0 heterocycles. The predicted molar refractivity (Wildman–Crippen MR) is 67.9 cm³/mol. The Hall–Kier alpha value is 0.380. The highest BCUT2D eigenvalue weighted by molar-refractivity contribution is 6.46. The number of allylic oxidation sites excluding steroid dienone is 4. The van der Waals surface area contributed by atoms with E-state index in [0.29, 0.717) is 5.57 Å². The van der Waals surface area contributed by atoms with E-state index in [1.54, 1.807) is 25.2 Å². The monoisotopic (exact) mass is 272 g/mol. The Morgan fingerprint density at radius 3 is 2.21 bits per heavy atom. The van der Waals surface area contributed by atoms with Gasteiger partial charge in [0.15, 0.2) is 0 Å². The molecule has 0 aliphatic heterocycles. The first kappa shape index (κ1) is 14.4. The van der Waals surface area contributed by atoms with Crippen molar-refractivity contribution in [2.24, 2.45) is 0 Å². The minimum atomic E-state index is -0.688. The van der Waals surface area contributed by atoms with Crippen LogP contribution in [0.4, 0.5) is 0 Å². The largest absolute Gasteiger partial charge is 0.132 e. The molecule has 2 atom stereocenters. The number of rotatable bonds is 5. The third-order valence-electron chi connectivity index (χ3n) is 1.70. The lowest BCUT2D eigenvalue weighted by atomic mass is 10.1. The number of halogens is 4. The second kappa shape index (κ2) is 6.07. The molecule has 0 aromatic carbocycles. The van der Waals surface area contributed by atoms with E-state index in [1.165, 1.54) is 0 Å². The molecule has 0 rings (SSSR count). The summed E-state index contributed by atoms with van der Waals surface area (Å²) in [4.78, 5) is -1.31. The smallest absolute Gasteiger partial charge is 0.116 e. The van der Waals surface area contributed by atoms with Gasteiger partial charge in [-0.15, -0.1) is 53.0 Å². The van der Waals surface area contributed by atoms with Gasteiger partial charge in [-0.25, -0.2) is 0 Å². The summed E-state index contributed by atoms with van der Waals surface area (Å²) in [6.45, 7) is 9.02. The van der Waals surface area contributed by atoms with E-state index in [9.17, 15) is 0 Å². The van der Waals surface area contributed by atoms with Gasteiger partial charge in [-0.3, -0.25) is 0 Å². The Labute approximate surface area is 105 Å². The van der Waals surface area contributed by atoms with Gasteiger partial charge >= 0.3 is 0 Å². The van der Waals surface area contributed by atoms with Gasteiger partial charge in [-0.1, -0.05) is 24.8 Å². The molecule has 4 heteroatoms. The predicted octanol–water partition coefficient (Wildman–Crippen LogP) is 4.69. The van der Waals surface area contributed by atoms with E-state index in [0.717, 1.165) is 0 Å². The summed E-state index contributed by atoms with van der Waals surface area (Å²) in [5.74, 6) is 0. The molecule has 14 heavy (non-hydrogen) atoms. The van der Waals surface area contributed by atoms with Crippen LogP contribution in [0.5, 0.6) is 0 Å². The Morgan fingerprint density at radius 1 is 1.36 bits per heavy atom. The summed E-state index contributed by atoms with van der Waals surface area (Å²) in [7, 11) is 0. The Kier molecular flexibility index (Phi) is 6.24. The molecule has 80 valence electrons. The lowest BCUT2D eigenvalue weighted by molar-refractivity contribution is 0.801. The molecular weight excluding hydrogens is 262 g/mol. The summed E-state index contributed by atoms with van der Waals surface area (Å²) in [6.07, 6.45) is 4.93. The highest BCUT2D eigenvalue weighted by Gasteiger charge is 2.24. The fraction of sp³-hybridized carbons (Fsp3) is 0.400. The number of hydrogen-bond donors (Lipinski definition) is 0. The topological polar surface area (TPSA) is 0 Å². The summed E-state index contributed by atoms with van der Waals surface area (Å²) in [5, 5.41) is -0.384. The van der Waals surface area contributed by atoms with Crippen molar-refractivity contribution in [1.82, 2.24) is 0 Å². The summed E-state index contributed by atoms with van der Waals surface area (Å²) in [6, 6.07) is 0. The number of hydrogen-bond acceptors (Lipinski definition) is 0. The molecule has 0 bridgehead atoms. The molecule has 0 aromatic heterocycles. The molecule has 0 saturated heterocycles. The number of alkyl halides is 4. The van der Waals surface area contributed by atoms with Crippen LogP contribution in [0, 0.1) is 0 Å². The molecule has 0 aliphatic rings. The summed E-state index contributed by atoms with van der Waals surface area (Å²) >= 11 is 23.2. The average molecular weight is 274 g/mol. The van der Waals surface area contributed by atoms with Crippen LogP contribution in [-0.4, -0.2) is 15.1 Å². The highest BCUT2D eigenvalue weighted by Crippen LogP contribution is 2.27. The zero-order valence-corrected chi connectivity index (χ0v) is 10.8. The van der Waals surface area contributed by atoms with Gasteiger partial charge in [0.05, 0.1) is 10.3 Å².